The Kier molecular flexibility index (Phi) is 6.18. The highest BCUT2D eigenvalue weighted by Crippen LogP contribution is 2.44. The van der Waals surface area contributed by atoms with Gasteiger partial charge in [-0.05, 0) is 76.0 Å². The highest BCUT2D eigenvalue weighted by atomic mass is 16.3. The first-order valence-corrected chi connectivity index (χ1v) is 16.6. The van der Waals surface area contributed by atoms with E-state index in [4.69, 9.17) is 8.83 Å². The van der Waals surface area contributed by atoms with E-state index in [0.29, 0.717) is 0 Å². The molecule has 2 heterocycles. The van der Waals surface area contributed by atoms with Crippen LogP contribution < -0.4 is 4.90 Å². The van der Waals surface area contributed by atoms with Gasteiger partial charge in [-0.3, -0.25) is 0 Å². The predicted octanol–water partition coefficient (Wildman–Crippen LogP) is 13.4. The van der Waals surface area contributed by atoms with Gasteiger partial charge in [0.15, 0.2) is 5.58 Å². The summed E-state index contributed by atoms with van der Waals surface area (Å²) in [6, 6.07) is 62.0. The second kappa shape index (κ2) is 11.0. The third-order valence-electron chi connectivity index (χ3n) is 9.65. The number of hydrogen-bond donors (Lipinski definition) is 0. The summed E-state index contributed by atoms with van der Waals surface area (Å²) in [5.41, 5.74) is 11.1. The summed E-state index contributed by atoms with van der Waals surface area (Å²) in [7, 11) is 0. The Morgan fingerprint density at radius 2 is 0.939 bits per heavy atom. The molecule has 0 amide bonds. The average molecular weight is 628 g/mol. The molecule has 0 aliphatic heterocycles. The molecule has 0 saturated heterocycles. The molecule has 0 radical (unpaired) electrons. The summed E-state index contributed by atoms with van der Waals surface area (Å²) < 4.78 is 13.0. The number of fused-ring (bicyclic) bond motifs is 7. The SMILES string of the molecule is c1cc(-c2ccc3ccccc3c2)cc(N(c2ccc(-c3cccc4c3oc3ccccc34)cc2)c2cccc3c2oc2ccccc23)c1. The molecule has 0 N–H and O–H groups in total. The standard InChI is InChI=1S/C46H29NO2/c1-2-11-32-28-34(23-22-30(32)10-1)33-12-7-13-36(29-33)47(42-19-9-18-41-39-15-4-6-21-44(39)49-46(41)42)35-26-24-31(25-27-35)37-16-8-17-40-38-14-3-5-20-43(38)48-45(37)40/h1-29H. The van der Waals surface area contributed by atoms with Crippen molar-refractivity contribution in [2.45, 2.75) is 0 Å². The molecule has 2 aromatic heterocycles. The van der Waals surface area contributed by atoms with E-state index in [1.165, 1.54) is 16.3 Å². The molecule has 3 nitrogen and oxygen atoms in total. The first-order valence-electron chi connectivity index (χ1n) is 16.6. The molecule has 0 aliphatic rings. The maximum atomic E-state index is 6.59. The molecule has 3 heteroatoms. The van der Waals surface area contributed by atoms with Gasteiger partial charge in [0.05, 0.1) is 5.69 Å². The molecule has 230 valence electrons. The van der Waals surface area contributed by atoms with Crippen molar-refractivity contribution < 1.29 is 8.83 Å². The van der Waals surface area contributed by atoms with Crippen LogP contribution in [0.4, 0.5) is 17.1 Å². The lowest BCUT2D eigenvalue weighted by Gasteiger charge is -2.26. The highest BCUT2D eigenvalue weighted by Gasteiger charge is 2.20. The van der Waals surface area contributed by atoms with E-state index in [1.54, 1.807) is 0 Å². The molecule has 0 aliphatic carbocycles. The summed E-state index contributed by atoms with van der Waals surface area (Å²) >= 11 is 0. The molecular weight excluding hydrogens is 599 g/mol. The van der Waals surface area contributed by atoms with Crippen LogP contribution in [0.15, 0.2) is 185 Å². The van der Waals surface area contributed by atoms with Crippen molar-refractivity contribution in [2.24, 2.45) is 0 Å². The lowest BCUT2D eigenvalue weighted by Crippen LogP contribution is -2.10. The van der Waals surface area contributed by atoms with Gasteiger partial charge in [0, 0.05) is 38.5 Å². The van der Waals surface area contributed by atoms with Crippen LogP contribution >= 0.6 is 0 Å². The largest absolute Gasteiger partial charge is 0.455 e. The summed E-state index contributed by atoms with van der Waals surface area (Å²) in [5, 5.41) is 6.92. The fraction of sp³-hybridized carbons (Fsp3) is 0. The molecule has 0 bridgehead atoms. The smallest absolute Gasteiger partial charge is 0.159 e. The van der Waals surface area contributed by atoms with Gasteiger partial charge in [0.25, 0.3) is 0 Å². The van der Waals surface area contributed by atoms with Crippen LogP contribution in [0.25, 0.3) is 76.9 Å². The summed E-state index contributed by atoms with van der Waals surface area (Å²) in [5.74, 6) is 0. The fourth-order valence-corrected chi connectivity index (χ4v) is 7.29. The maximum absolute atomic E-state index is 6.59. The Labute approximate surface area is 282 Å². The van der Waals surface area contributed by atoms with E-state index in [-0.39, 0.29) is 0 Å². The van der Waals surface area contributed by atoms with Crippen molar-refractivity contribution >= 4 is 71.7 Å². The van der Waals surface area contributed by atoms with Crippen LogP contribution in [0.1, 0.15) is 0 Å². The van der Waals surface area contributed by atoms with Crippen molar-refractivity contribution in [3.63, 3.8) is 0 Å². The molecule has 0 fully saturated rings. The van der Waals surface area contributed by atoms with Gasteiger partial charge < -0.3 is 13.7 Å². The Morgan fingerprint density at radius 1 is 0.347 bits per heavy atom. The number of furan rings is 2. The molecule has 0 saturated carbocycles. The maximum Gasteiger partial charge on any atom is 0.159 e. The third-order valence-corrected chi connectivity index (χ3v) is 9.65. The van der Waals surface area contributed by atoms with Gasteiger partial charge in [-0.25, -0.2) is 0 Å². The zero-order chi connectivity index (χ0) is 32.3. The van der Waals surface area contributed by atoms with E-state index in [0.717, 1.165) is 77.6 Å². The van der Waals surface area contributed by atoms with Crippen LogP contribution in [0.5, 0.6) is 0 Å². The molecule has 0 atom stereocenters. The number of para-hydroxylation sites is 4. The molecule has 0 spiro atoms. The van der Waals surface area contributed by atoms with Gasteiger partial charge >= 0.3 is 0 Å². The van der Waals surface area contributed by atoms with Gasteiger partial charge in [-0.15, -0.1) is 0 Å². The zero-order valence-corrected chi connectivity index (χ0v) is 26.5. The van der Waals surface area contributed by atoms with Gasteiger partial charge in [-0.2, -0.15) is 0 Å². The topological polar surface area (TPSA) is 29.5 Å². The van der Waals surface area contributed by atoms with Gasteiger partial charge in [-0.1, -0.05) is 127 Å². The predicted molar refractivity (Wildman–Crippen MR) is 204 cm³/mol. The van der Waals surface area contributed by atoms with Crippen LogP contribution in [-0.4, -0.2) is 0 Å². The quantitative estimate of drug-likeness (QED) is 0.190. The number of nitrogens with zero attached hydrogens (tertiary/aromatic N) is 1. The van der Waals surface area contributed by atoms with Crippen LogP contribution in [-0.2, 0) is 0 Å². The minimum atomic E-state index is 0.857. The van der Waals surface area contributed by atoms with E-state index in [2.05, 4.69) is 157 Å². The summed E-state index contributed by atoms with van der Waals surface area (Å²) in [6.07, 6.45) is 0. The minimum Gasteiger partial charge on any atom is -0.455 e. The lowest BCUT2D eigenvalue weighted by atomic mass is 10.00. The second-order valence-electron chi connectivity index (χ2n) is 12.5. The van der Waals surface area contributed by atoms with Crippen molar-refractivity contribution in [1.29, 1.82) is 0 Å². The first kappa shape index (κ1) is 27.5. The molecular formula is C46H29NO2. The molecule has 49 heavy (non-hydrogen) atoms. The van der Waals surface area contributed by atoms with E-state index in [9.17, 15) is 0 Å². The summed E-state index contributed by atoms with van der Waals surface area (Å²) in [4.78, 5) is 2.31. The van der Waals surface area contributed by atoms with Crippen molar-refractivity contribution in [1.82, 2.24) is 0 Å². The second-order valence-corrected chi connectivity index (χ2v) is 12.5. The Bertz CT molecular complexity index is 2840. The number of anilines is 3. The number of rotatable bonds is 5. The minimum absolute atomic E-state index is 0.857. The van der Waals surface area contributed by atoms with Crippen molar-refractivity contribution in [3.8, 4) is 22.3 Å². The van der Waals surface area contributed by atoms with Crippen LogP contribution in [0.2, 0.25) is 0 Å². The van der Waals surface area contributed by atoms with Crippen LogP contribution in [0.3, 0.4) is 0 Å². The van der Waals surface area contributed by atoms with Crippen molar-refractivity contribution in [2.75, 3.05) is 4.90 Å². The molecule has 8 aromatic carbocycles. The molecule has 0 unspecified atom stereocenters. The van der Waals surface area contributed by atoms with Gasteiger partial charge in [0.2, 0.25) is 0 Å². The monoisotopic (exact) mass is 627 g/mol. The highest BCUT2D eigenvalue weighted by molar-refractivity contribution is 6.11. The fourth-order valence-electron chi connectivity index (χ4n) is 7.29. The van der Waals surface area contributed by atoms with Crippen molar-refractivity contribution in [3.05, 3.63) is 176 Å². The molecule has 10 rings (SSSR count). The summed E-state index contributed by atoms with van der Waals surface area (Å²) in [6.45, 7) is 0. The molecule has 10 aromatic rings. The van der Waals surface area contributed by atoms with Gasteiger partial charge in [0.1, 0.15) is 16.7 Å². The Hall–Kier alpha value is -6.58. The number of benzene rings is 8. The normalized spacial score (nSPS) is 11.7. The Morgan fingerprint density at radius 3 is 1.73 bits per heavy atom. The van der Waals surface area contributed by atoms with Crippen LogP contribution in [0, 0.1) is 0 Å². The van der Waals surface area contributed by atoms with E-state index < -0.39 is 0 Å². The third kappa shape index (κ3) is 4.51. The van der Waals surface area contributed by atoms with E-state index >= 15 is 0 Å². The Balaban J connectivity index is 1.14. The first-order chi connectivity index (χ1) is 24.3. The average Bonchev–Trinajstić information content (AvgIpc) is 3.74. The lowest BCUT2D eigenvalue weighted by molar-refractivity contribution is 0.669. The van der Waals surface area contributed by atoms with E-state index in [1.807, 2.05) is 24.3 Å². The number of hydrogen-bond acceptors (Lipinski definition) is 3. The zero-order valence-electron chi connectivity index (χ0n) is 26.5.